The van der Waals surface area contributed by atoms with E-state index in [4.69, 9.17) is 0 Å². The van der Waals surface area contributed by atoms with E-state index in [0.717, 1.165) is 13.1 Å². The first-order valence-electron chi connectivity index (χ1n) is 7.50. The Morgan fingerprint density at radius 1 is 1.18 bits per heavy atom. The highest BCUT2D eigenvalue weighted by atomic mass is 32.2. The molecule has 6 nitrogen and oxygen atoms in total. The van der Waals surface area contributed by atoms with E-state index in [0.29, 0.717) is 30.8 Å². The molecule has 1 aromatic carbocycles. The van der Waals surface area contributed by atoms with Crippen LogP contribution >= 0.6 is 0 Å². The molecule has 122 valence electrons. The molecule has 2 rings (SSSR count). The average molecular weight is 325 g/mol. The van der Waals surface area contributed by atoms with E-state index in [9.17, 15) is 13.2 Å². The van der Waals surface area contributed by atoms with Crippen LogP contribution in [0, 0.1) is 0 Å². The van der Waals surface area contributed by atoms with Crippen molar-refractivity contribution in [2.24, 2.45) is 0 Å². The quantitative estimate of drug-likeness (QED) is 0.884. The van der Waals surface area contributed by atoms with Gasteiger partial charge in [0.15, 0.2) is 0 Å². The first-order valence-corrected chi connectivity index (χ1v) is 9.15. The predicted molar refractivity (Wildman–Crippen MR) is 87.5 cm³/mol. The summed E-state index contributed by atoms with van der Waals surface area (Å²) in [6, 6.07) is 6.78. The lowest BCUT2D eigenvalue weighted by Gasteiger charge is -2.32. The second-order valence-corrected chi connectivity index (χ2v) is 7.40. The second-order valence-electron chi connectivity index (χ2n) is 5.56. The van der Waals surface area contributed by atoms with E-state index in [1.807, 2.05) is 7.05 Å². The first kappa shape index (κ1) is 16.8. The Morgan fingerprint density at radius 2 is 1.82 bits per heavy atom. The van der Waals surface area contributed by atoms with E-state index in [2.05, 4.69) is 9.62 Å². The van der Waals surface area contributed by atoms with Crippen LogP contribution in [0.4, 0.5) is 5.69 Å². The summed E-state index contributed by atoms with van der Waals surface area (Å²) in [7, 11) is -1.39. The summed E-state index contributed by atoms with van der Waals surface area (Å²) in [6.45, 7) is 4.78. The highest BCUT2D eigenvalue weighted by molar-refractivity contribution is 7.92. The first-order chi connectivity index (χ1) is 10.4. The van der Waals surface area contributed by atoms with Gasteiger partial charge in [0.05, 0.1) is 17.0 Å². The number of piperazine rings is 1. The molecule has 0 aliphatic carbocycles. The number of benzene rings is 1. The SMILES string of the molecule is CCCS(=O)(=O)Nc1ccccc1C(=O)N1CCN(C)CC1. The van der Waals surface area contributed by atoms with Gasteiger partial charge in [0.25, 0.3) is 5.91 Å². The largest absolute Gasteiger partial charge is 0.336 e. The van der Waals surface area contributed by atoms with Crippen molar-refractivity contribution in [3.63, 3.8) is 0 Å². The summed E-state index contributed by atoms with van der Waals surface area (Å²) in [5.74, 6) is -0.0766. The van der Waals surface area contributed by atoms with Gasteiger partial charge < -0.3 is 9.80 Å². The fourth-order valence-electron chi connectivity index (χ4n) is 2.43. The van der Waals surface area contributed by atoms with Crippen LogP contribution in [0.15, 0.2) is 24.3 Å². The van der Waals surface area contributed by atoms with Crippen LogP contribution in [0.1, 0.15) is 23.7 Å². The number of rotatable bonds is 5. The summed E-state index contributed by atoms with van der Waals surface area (Å²) >= 11 is 0. The number of anilines is 1. The van der Waals surface area contributed by atoms with Crippen molar-refractivity contribution in [1.29, 1.82) is 0 Å². The topological polar surface area (TPSA) is 69.7 Å². The third kappa shape index (κ3) is 4.20. The lowest BCUT2D eigenvalue weighted by Crippen LogP contribution is -2.47. The van der Waals surface area contributed by atoms with Crippen molar-refractivity contribution in [2.75, 3.05) is 43.7 Å². The molecule has 1 fully saturated rings. The van der Waals surface area contributed by atoms with E-state index >= 15 is 0 Å². The van der Waals surface area contributed by atoms with E-state index in [1.165, 1.54) is 0 Å². The Hall–Kier alpha value is -1.60. The van der Waals surface area contributed by atoms with Crippen LogP contribution in [0.25, 0.3) is 0 Å². The zero-order chi connectivity index (χ0) is 16.2. The third-order valence-corrected chi connectivity index (χ3v) is 5.16. The summed E-state index contributed by atoms with van der Waals surface area (Å²) in [6.07, 6.45) is 0.532. The van der Waals surface area contributed by atoms with Crippen molar-refractivity contribution in [2.45, 2.75) is 13.3 Å². The molecule has 1 aromatic rings. The number of hydrogen-bond acceptors (Lipinski definition) is 4. The van der Waals surface area contributed by atoms with Crippen molar-refractivity contribution >= 4 is 21.6 Å². The van der Waals surface area contributed by atoms with Gasteiger partial charge in [-0.3, -0.25) is 9.52 Å². The number of amides is 1. The standard InChI is InChI=1S/C15H23N3O3S/c1-3-12-22(20,21)16-14-7-5-4-6-13(14)15(19)18-10-8-17(2)9-11-18/h4-7,16H,3,8-12H2,1-2H3. The molecule has 0 radical (unpaired) electrons. The smallest absolute Gasteiger partial charge is 0.256 e. The van der Waals surface area contributed by atoms with Crippen LogP contribution in [0.3, 0.4) is 0 Å². The molecule has 1 amide bonds. The predicted octanol–water partition coefficient (Wildman–Crippen LogP) is 1.23. The van der Waals surface area contributed by atoms with Crippen LogP contribution in [0.2, 0.25) is 0 Å². The number of carbonyl (C=O) groups excluding carboxylic acids is 1. The maximum Gasteiger partial charge on any atom is 0.256 e. The molecule has 0 unspecified atom stereocenters. The number of nitrogens with zero attached hydrogens (tertiary/aromatic N) is 2. The molecule has 0 saturated carbocycles. The Labute approximate surface area is 132 Å². The molecule has 1 heterocycles. The lowest BCUT2D eigenvalue weighted by molar-refractivity contribution is 0.0665. The number of para-hydroxylation sites is 1. The highest BCUT2D eigenvalue weighted by Gasteiger charge is 2.23. The van der Waals surface area contributed by atoms with E-state index in [-0.39, 0.29) is 11.7 Å². The minimum Gasteiger partial charge on any atom is -0.336 e. The number of nitrogens with one attached hydrogen (secondary N) is 1. The molecule has 1 saturated heterocycles. The number of likely N-dealkylation sites (N-methyl/N-ethyl adjacent to an activating group) is 1. The molecular formula is C15H23N3O3S. The van der Waals surface area contributed by atoms with Gasteiger partial charge in [-0.15, -0.1) is 0 Å². The van der Waals surface area contributed by atoms with Gasteiger partial charge in [-0.05, 0) is 25.6 Å². The maximum atomic E-state index is 12.6. The molecule has 7 heteroatoms. The fraction of sp³-hybridized carbons (Fsp3) is 0.533. The van der Waals surface area contributed by atoms with Gasteiger partial charge >= 0.3 is 0 Å². The Bertz CT molecular complexity index is 623. The monoisotopic (exact) mass is 325 g/mol. The third-order valence-electron chi connectivity index (χ3n) is 3.69. The average Bonchev–Trinajstić information content (AvgIpc) is 2.47. The Kier molecular flexibility index (Phi) is 5.42. The molecular weight excluding hydrogens is 302 g/mol. The van der Waals surface area contributed by atoms with Gasteiger partial charge in [0.1, 0.15) is 0 Å². The van der Waals surface area contributed by atoms with Crippen molar-refractivity contribution < 1.29 is 13.2 Å². The lowest BCUT2D eigenvalue weighted by atomic mass is 10.1. The number of sulfonamides is 1. The van der Waals surface area contributed by atoms with Gasteiger partial charge in [0, 0.05) is 26.2 Å². The molecule has 0 spiro atoms. The molecule has 0 aromatic heterocycles. The zero-order valence-corrected chi connectivity index (χ0v) is 13.9. The van der Waals surface area contributed by atoms with Crippen LogP contribution < -0.4 is 4.72 Å². The van der Waals surface area contributed by atoms with Crippen LogP contribution in [0.5, 0.6) is 0 Å². The van der Waals surface area contributed by atoms with Crippen molar-refractivity contribution in [1.82, 2.24) is 9.80 Å². The number of carbonyl (C=O) groups is 1. The number of hydrogen-bond donors (Lipinski definition) is 1. The maximum absolute atomic E-state index is 12.6. The minimum absolute atomic E-state index is 0.0457. The van der Waals surface area contributed by atoms with Crippen molar-refractivity contribution in [3.8, 4) is 0 Å². The van der Waals surface area contributed by atoms with Crippen LogP contribution in [-0.4, -0.2) is 63.1 Å². The molecule has 1 N–H and O–H groups in total. The fourth-order valence-corrected chi connectivity index (χ4v) is 3.58. The van der Waals surface area contributed by atoms with Gasteiger partial charge in [-0.25, -0.2) is 8.42 Å². The molecule has 1 aliphatic rings. The highest BCUT2D eigenvalue weighted by Crippen LogP contribution is 2.19. The van der Waals surface area contributed by atoms with E-state index in [1.54, 1.807) is 36.1 Å². The van der Waals surface area contributed by atoms with E-state index < -0.39 is 10.0 Å². The zero-order valence-electron chi connectivity index (χ0n) is 13.1. The molecule has 0 bridgehead atoms. The normalized spacial score (nSPS) is 16.5. The van der Waals surface area contributed by atoms with Crippen LogP contribution in [-0.2, 0) is 10.0 Å². The Morgan fingerprint density at radius 3 is 2.45 bits per heavy atom. The Balaban J connectivity index is 2.19. The van der Waals surface area contributed by atoms with Crippen molar-refractivity contribution in [3.05, 3.63) is 29.8 Å². The molecule has 0 atom stereocenters. The van der Waals surface area contributed by atoms with Gasteiger partial charge in [-0.1, -0.05) is 19.1 Å². The van der Waals surface area contributed by atoms with Gasteiger partial charge in [0.2, 0.25) is 10.0 Å². The summed E-state index contributed by atoms with van der Waals surface area (Å²) < 4.78 is 26.4. The van der Waals surface area contributed by atoms with Gasteiger partial charge in [-0.2, -0.15) is 0 Å². The second kappa shape index (κ2) is 7.11. The summed E-state index contributed by atoms with van der Waals surface area (Å²) in [5.41, 5.74) is 0.770. The molecule has 1 aliphatic heterocycles. The minimum atomic E-state index is -3.41. The molecule has 22 heavy (non-hydrogen) atoms. The summed E-state index contributed by atoms with van der Waals surface area (Å²) in [4.78, 5) is 16.6. The summed E-state index contributed by atoms with van der Waals surface area (Å²) in [5, 5.41) is 0.